The molecular weight excluding hydrogens is 324 g/mol. The topological polar surface area (TPSA) is 93.1 Å². The van der Waals surface area contributed by atoms with Gasteiger partial charge in [0.25, 0.3) is 0 Å². The first kappa shape index (κ1) is 19.4. The first-order chi connectivity index (χ1) is 11.8. The van der Waals surface area contributed by atoms with Crippen LogP contribution in [0.2, 0.25) is 0 Å². The third-order valence-corrected chi connectivity index (χ3v) is 4.61. The van der Waals surface area contributed by atoms with Crippen molar-refractivity contribution in [3.05, 3.63) is 35.5 Å². The second-order valence-electron chi connectivity index (χ2n) is 6.91. The number of carbonyl (C=O) groups excluding carboxylic acids is 2. The molecule has 0 aromatic rings. The normalized spacial score (nSPS) is 34.5. The molecule has 138 valence electrons. The summed E-state index contributed by atoms with van der Waals surface area (Å²) < 4.78 is 10.9. The smallest absolute Gasteiger partial charge is 0.334 e. The molecule has 2 aliphatic rings. The van der Waals surface area contributed by atoms with Gasteiger partial charge in [-0.25, -0.2) is 4.79 Å². The lowest BCUT2D eigenvalue weighted by atomic mass is 9.83. The van der Waals surface area contributed by atoms with E-state index in [0.717, 1.165) is 5.57 Å². The molecule has 0 spiro atoms. The van der Waals surface area contributed by atoms with Crippen molar-refractivity contribution in [1.82, 2.24) is 0 Å². The van der Waals surface area contributed by atoms with E-state index in [2.05, 4.69) is 6.58 Å². The van der Waals surface area contributed by atoms with Gasteiger partial charge in [-0.05, 0) is 31.4 Å². The monoisotopic (exact) mass is 350 g/mol. The molecule has 0 unspecified atom stereocenters. The van der Waals surface area contributed by atoms with Crippen LogP contribution in [-0.4, -0.2) is 47.1 Å². The molecule has 1 aliphatic heterocycles. The molecule has 6 heteroatoms. The number of esters is 2. The van der Waals surface area contributed by atoms with Crippen molar-refractivity contribution in [2.75, 3.05) is 6.61 Å². The van der Waals surface area contributed by atoms with Gasteiger partial charge in [0.05, 0.1) is 18.4 Å². The maximum atomic E-state index is 12.2. The molecule has 25 heavy (non-hydrogen) atoms. The Bertz CT molecular complexity index is 615. The highest BCUT2D eigenvalue weighted by molar-refractivity contribution is 5.91. The predicted octanol–water partition coefficient (Wildman–Crippen LogP) is 1.67. The highest BCUT2D eigenvalue weighted by Crippen LogP contribution is 2.36. The van der Waals surface area contributed by atoms with Gasteiger partial charge in [-0.15, -0.1) is 0 Å². The fourth-order valence-corrected chi connectivity index (χ4v) is 3.07. The number of allylic oxidation sites excluding steroid dienone is 2. The van der Waals surface area contributed by atoms with Crippen molar-refractivity contribution in [3.63, 3.8) is 0 Å². The molecule has 0 aromatic heterocycles. The van der Waals surface area contributed by atoms with Gasteiger partial charge >= 0.3 is 11.9 Å². The van der Waals surface area contributed by atoms with Crippen LogP contribution in [0.3, 0.4) is 0 Å². The number of ether oxygens (including phenoxy) is 2. The number of fused-ring (bicyclic) bond motifs is 1. The van der Waals surface area contributed by atoms with E-state index in [4.69, 9.17) is 9.47 Å². The average Bonchev–Trinajstić information content (AvgIpc) is 2.82. The summed E-state index contributed by atoms with van der Waals surface area (Å²) in [6.07, 6.45) is 1.95. The molecule has 1 heterocycles. The van der Waals surface area contributed by atoms with Gasteiger partial charge in [0.1, 0.15) is 18.3 Å². The van der Waals surface area contributed by atoms with Gasteiger partial charge < -0.3 is 19.7 Å². The standard InChI is InChI=1S/C19H26O6/c1-10(2)18(22)25-17-15-12(4)19(23)24-14(15)8-11(3)6-5-7-13(9-20)16(17)21/h7-8,10,14-17,20-21H,4-6,9H2,1-3H3/b11-8-,13-7-/t14-,15+,16-,17+/m1/s1. The van der Waals surface area contributed by atoms with Gasteiger partial charge in [-0.2, -0.15) is 0 Å². The molecule has 0 amide bonds. The Morgan fingerprint density at radius 1 is 1.48 bits per heavy atom. The Morgan fingerprint density at radius 3 is 2.76 bits per heavy atom. The lowest BCUT2D eigenvalue weighted by Crippen LogP contribution is -2.44. The summed E-state index contributed by atoms with van der Waals surface area (Å²) in [6.45, 7) is 8.70. The van der Waals surface area contributed by atoms with Crippen LogP contribution in [-0.2, 0) is 19.1 Å². The zero-order chi connectivity index (χ0) is 18.7. The first-order valence-corrected chi connectivity index (χ1v) is 8.51. The minimum atomic E-state index is -1.24. The Kier molecular flexibility index (Phi) is 6.19. The van der Waals surface area contributed by atoms with Crippen LogP contribution >= 0.6 is 0 Å². The number of carbonyl (C=O) groups is 2. The molecule has 6 nitrogen and oxygen atoms in total. The van der Waals surface area contributed by atoms with E-state index in [1.165, 1.54) is 0 Å². The second kappa shape index (κ2) is 7.97. The van der Waals surface area contributed by atoms with E-state index in [-0.39, 0.29) is 12.2 Å². The number of hydrogen-bond donors (Lipinski definition) is 2. The van der Waals surface area contributed by atoms with Crippen molar-refractivity contribution >= 4 is 11.9 Å². The molecule has 0 aromatic carbocycles. The summed E-state index contributed by atoms with van der Waals surface area (Å²) >= 11 is 0. The molecule has 4 atom stereocenters. The number of hydrogen-bond acceptors (Lipinski definition) is 6. The third kappa shape index (κ3) is 4.19. The zero-order valence-corrected chi connectivity index (χ0v) is 14.9. The van der Waals surface area contributed by atoms with E-state index >= 15 is 0 Å². The minimum absolute atomic E-state index is 0.160. The van der Waals surface area contributed by atoms with Crippen molar-refractivity contribution in [1.29, 1.82) is 0 Å². The summed E-state index contributed by atoms with van der Waals surface area (Å²) in [7, 11) is 0. The van der Waals surface area contributed by atoms with Gasteiger partial charge in [-0.1, -0.05) is 32.1 Å². The van der Waals surface area contributed by atoms with Crippen LogP contribution < -0.4 is 0 Å². The SMILES string of the molecule is C=C1C(=O)O[C@@H]2/C=C(/C)CC/C=C(/CO)[C@@H](O)[C@@H](OC(=O)C(C)C)[C@@H]12. The molecule has 0 radical (unpaired) electrons. The van der Waals surface area contributed by atoms with E-state index in [1.54, 1.807) is 19.9 Å². The Hall–Kier alpha value is -1.92. The zero-order valence-electron chi connectivity index (χ0n) is 14.9. The van der Waals surface area contributed by atoms with Crippen molar-refractivity contribution in [3.8, 4) is 0 Å². The van der Waals surface area contributed by atoms with E-state index < -0.39 is 42.1 Å². The minimum Gasteiger partial charge on any atom is -0.458 e. The molecule has 1 aliphatic carbocycles. The van der Waals surface area contributed by atoms with Gasteiger partial charge in [0.15, 0.2) is 0 Å². The molecule has 0 bridgehead atoms. The maximum Gasteiger partial charge on any atom is 0.334 e. The van der Waals surface area contributed by atoms with Gasteiger partial charge in [0, 0.05) is 5.57 Å². The number of rotatable bonds is 3. The van der Waals surface area contributed by atoms with Crippen molar-refractivity contribution in [2.24, 2.45) is 11.8 Å². The van der Waals surface area contributed by atoms with Crippen LogP contribution in [0.1, 0.15) is 33.6 Å². The summed E-state index contributed by atoms with van der Waals surface area (Å²) in [5, 5.41) is 20.4. The van der Waals surface area contributed by atoms with Crippen LogP contribution in [0.5, 0.6) is 0 Å². The Morgan fingerprint density at radius 2 is 2.16 bits per heavy atom. The third-order valence-electron chi connectivity index (χ3n) is 4.61. The summed E-state index contributed by atoms with van der Waals surface area (Å²) in [5.74, 6) is -2.16. The van der Waals surface area contributed by atoms with Crippen LogP contribution in [0.4, 0.5) is 0 Å². The highest BCUT2D eigenvalue weighted by Gasteiger charge is 2.47. The van der Waals surface area contributed by atoms with Crippen LogP contribution in [0.25, 0.3) is 0 Å². The van der Waals surface area contributed by atoms with Crippen LogP contribution in [0, 0.1) is 11.8 Å². The molecule has 1 fully saturated rings. The molecule has 2 rings (SSSR count). The van der Waals surface area contributed by atoms with Gasteiger partial charge in [0.2, 0.25) is 0 Å². The lowest BCUT2D eigenvalue weighted by Gasteiger charge is -2.32. The van der Waals surface area contributed by atoms with E-state index in [9.17, 15) is 19.8 Å². The first-order valence-electron chi connectivity index (χ1n) is 8.51. The van der Waals surface area contributed by atoms with Gasteiger partial charge in [-0.3, -0.25) is 4.79 Å². The van der Waals surface area contributed by atoms with Crippen molar-refractivity contribution < 1.29 is 29.3 Å². The Balaban J connectivity index is 2.48. The highest BCUT2D eigenvalue weighted by atomic mass is 16.6. The van der Waals surface area contributed by atoms with Crippen molar-refractivity contribution in [2.45, 2.75) is 51.9 Å². The van der Waals surface area contributed by atoms with Crippen LogP contribution in [0.15, 0.2) is 35.5 Å². The predicted molar refractivity (Wildman–Crippen MR) is 91.4 cm³/mol. The average molecular weight is 350 g/mol. The summed E-state index contributed by atoms with van der Waals surface area (Å²) in [5.41, 5.74) is 1.53. The number of aliphatic hydroxyl groups excluding tert-OH is 2. The maximum absolute atomic E-state index is 12.2. The summed E-state index contributed by atoms with van der Waals surface area (Å²) in [6, 6.07) is 0. The molecule has 2 N–H and O–H groups in total. The quantitative estimate of drug-likeness (QED) is 0.457. The fourth-order valence-electron chi connectivity index (χ4n) is 3.07. The largest absolute Gasteiger partial charge is 0.458 e. The number of aliphatic hydroxyl groups is 2. The molecule has 1 saturated heterocycles. The van der Waals surface area contributed by atoms with E-state index in [1.807, 2.05) is 13.0 Å². The van der Waals surface area contributed by atoms with E-state index in [0.29, 0.717) is 18.4 Å². The molecule has 0 saturated carbocycles. The fraction of sp³-hybridized carbons (Fsp3) is 0.579. The lowest BCUT2D eigenvalue weighted by molar-refractivity contribution is -0.162. The Labute approximate surface area is 147 Å². The summed E-state index contributed by atoms with van der Waals surface area (Å²) in [4.78, 5) is 24.2. The second-order valence-corrected chi connectivity index (χ2v) is 6.91. The molecular formula is C19H26O6.